The number of nitrogen functional groups attached to an aromatic ring is 1. The molecule has 0 amide bonds. The molecular formula is C20H21N7O. The molecule has 28 heavy (non-hydrogen) atoms. The Labute approximate surface area is 160 Å². The van der Waals surface area contributed by atoms with Gasteiger partial charge in [-0.2, -0.15) is 0 Å². The Bertz CT molecular complexity index is 1180. The average Bonchev–Trinajstić information content (AvgIpc) is 3.44. The van der Waals surface area contributed by atoms with Gasteiger partial charge in [-0.3, -0.25) is 4.57 Å². The van der Waals surface area contributed by atoms with E-state index in [0.717, 1.165) is 11.3 Å². The van der Waals surface area contributed by atoms with E-state index in [1.807, 2.05) is 36.5 Å². The number of nitrogens with one attached hydrogen (secondary N) is 2. The van der Waals surface area contributed by atoms with E-state index in [2.05, 4.69) is 19.9 Å². The van der Waals surface area contributed by atoms with Crippen molar-refractivity contribution in [3.63, 3.8) is 0 Å². The van der Waals surface area contributed by atoms with Crippen molar-refractivity contribution < 1.29 is 0 Å². The number of hydrogen-bond acceptors (Lipinski definition) is 5. The highest BCUT2D eigenvalue weighted by Gasteiger charge is 2.21. The van der Waals surface area contributed by atoms with Crippen LogP contribution >= 0.6 is 0 Å². The van der Waals surface area contributed by atoms with Gasteiger partial charge in [0.15, 0.2) is 23.1 Å². The molecule has 142 valence electrons. The first kappa shape index (κ1) is 16.7. The minimum absolute atomic E-state index is 0.239. The monoisotopic (exact) mass is 375 g/mol. The van der Waals surface area contributed by atoms with Crippen LogP contribution in [0, 0.1) is 0 Å². The van der Waals surface area contributed by atoms with Crippen LogP contribution in [0.25, 0.3) is 22.8 Å². The van der Waals surface area contributed by atoms with Crippen molar-refractivity contribution in [2.24, 2.45) is 0 Å². The molecule has 0 unspecified atom stereocenters. The van der Waals surface area contributed by atoms with E-state index in [9.17, 15) is 4.79 Å². The number of nitrogens with zero attached hydrogens (tertiary/aromatic N) is 4. The van der Waals surface area contributed by atoms with Crippen LogP contribution in [-0.4, -0.2) is 29.5 Å². The minimum atomic E-state index is -0.261. The van der Waals surface area contributed by atoms with Crippen molar-refractivity contribution in [3.05, 3.63) is 58.3 Å². The number of nitrogens with two attached hydrogens (primary N) is 1. The van der Waals surface area contributed by atoms with Gasteiger partial charge < -0.3 is 15.7 Å². The summed E-state index contributed by atoms with van der Waals surface area (Å²) in [6, 6.07) is 9.77. The number of rotatable bonds is 4. The van der Waals surface area contributed by atoms with Gasteiger partial charge in [0, 0.05) is 12.1 Å². The maximum Gasteiger partial charge on any atom is 0.328 e. The molecule has 1 saturated carbocycles. The van der Waals surface area contributed by atoms with E-state index in [0.29, 0.717) is 35.3 Å². The molecule has 0 radical (unpaired) electrons. The molecule has 1 aromatic carbocycles. The lowest BCUT2D eigenvalue weighted by Crippen LogP contribution is -2.17. The predicted molar refractivity (Wildman–Crippen MR) is 107 cm³/mol. The van der Waals surface area contributed by atoms with Crippen molar-refractivity contribution in [2.75, 3.05) is 5.73 Å². The quantitative estimate of drug-likeness (QED) is 0.507. The van der Waals surface area contributed by atoms with Gasteiger partial charge in [0.1, 0.15) is 5.52 Å². The largest absolute Gasteiger partial charge is 0.382 e. The second-order valence-electron chi connectivity index (χ2n) is 7.29. The van der Waals surface area contributed by atoms with Crippen molar-refractivity contribution >= 4 is 17.0 Å². The molecule has 0 spiro atoms. The van der Waals surface area contributed by atoms with Crippen molar-refractivity contribution in [2.45, 2.75) is 38.1 Å². The van der Waals surface area contributed by atoms with Crippen molar-refractivity contribution in [1.29, 1.82) is 0 Å². The van der Waals surface area contributed by atoms with E-state index >= 15 is 0 Å². The van der Waals surface area contributed by atoms with Crippen LogP contribution in [0.4, 0.5) is 5.82 Å². The maximum atomic E-state index is 12.5. The maximum absolute atomic E-state index is 12.5. The number of aromatic nitrogens is 6. The normalized spacial score (nSPS) is 14.9. The Morgan fingerprint density at radius 1 is 1.11 bits per heavy atom. The lowest BCUT2D eigenvalue weighted by atomic mass is 10.1. The fourth-order valence-electron chi connectivity index (χ4n) is 3.95. The van der Waals surface area contributed by atoms with Crippen LogP contribution in [0.1, 0.15) is 42.9 Å². The number of benzene rings is 1. The first-order valence-corrected chi connectivity index (χ1v) is 9.54. The number of fused-ring (bicyclic) bond motifs is 1. The zero-order valence-electron chi connectivity index (χ0n) is 15.4. The predicted octanol–water partition coefficient (Wildman–Crippen LogP) is 2.80. The van der Waals surface area contributed by atoms with Gasteiger partial charge in [-0.1, -0.05) is 43.2 Å². The zero-order chi connectivity index (χ0) is 19.1. The highest BCUT2D eigenvalue weighted by Crippen LogP contribution is 2.33. The standard InChI is InChI=1S/C20H21N7O/c21-16-15-19(27(20(28)24-15)11-12-6-2-1-3-7-12)26-18(25-16)17-22-10-14(23-17)13-8-4-5-9-13/h1-3,6-7,10,13H,4-5,8-9,11H2,(H,22,23)(H,24,28)(H2,21,25,26). The summed E-state index contributed by atoms with van der Waals surface area (Å²) in [4.78, 5) is 32.1. The second-order valence-corrected chi connectivity index (χ2v) is 7.29. The van der Waals surface area contributed by atoms with Gasteiger partial charge in [0.2, 0.25) is 0 Å². The molecule has 4 N–H and O–H groups in total. The topological polar surface area (TPSA) is 118 Å². The summed E-state index contributed by atoms with van der Waals surface area (Å²) >= 11 is 0. The minimum Gasteiger partial charge on any atom is -0.382 e. The molecule has 8 nitrogen and oxygen atoms in total. The van der Waals surface area contributed by atoms with Crippen molar-refractivity contribution in [3.8, 4) is 11.6 Å². The van der Waals surface area contributed by atoms with Crippen LogP contribution < -0.4 is 11.4 Å². The first-order chi connectivity index (χ1) is 13.7. The molecular weight excluding hydrogens is 354 g/mol. The van der Waals surface area contributed by atoms with E-state index in [4.69, 9.17) is 10.7 Å². The summed E-state index contributed by atoms with van der Waals surface area (Å²) < 4.78 is 1.58. The summed E-state index contributed by atoms with van der Waals surface area (Å²) in [5.41, 5.74) is 8.85. The van der Waals surface area contributed by atoms with E-state index in [-0.39, 0.29) is 11.5 Å². The highest BCUT2D eigenvalue weighted by atomic mass is 16.1. The van der Waals surface area contributed by atoms with Gasteiger partial charge in [0.25, 0.3) is 0 Å². The Balaban J connectivity index is 1.57. The third kappa shape index (κ3) is 2.87. The molecule has 0 aliphatic heterocycles. The van der Waals surface area contributed by atoms with E-state index in [1.165, 1.54) is 25.7 Å². The third-order valence-electron chi connectivity index (χ3n) is 5.42. The summed E-state index contributed by atoms with van der Waals surface area (Å²) in [7, 11) is 0. The zero-order valence-corrected chi connectivity index (χ0v) is 15.4. The Kier molecular flexibility index (Phi) is 3.96. The van der Waals surface area contributed by atoms with Crippen LogP contribution in [0.2, 0.25) is 0 Å². The Morgan fingerprint density at radius 3 is 2.68 bits per heavy atom. The van der Waals surface area contributed by atoms with Crippen LogP contribution in [0.3, 0.4) is 0 Å². The molecule has 4 aromatic rings. The molecule has 0 atom stereocenters. The number of H-pyrrole nitrogens is 2. The average molecular weight is 375 g/mol. The first-order valence-electron chi connectivity index (χ1n) is 9.54. The summed E-state index contributed by atoms with van der Waals surface area (Å²) in [6.45, 7) is 0.404. The van der Waals surface area contributed by atoms with Gasteiger partial charge in [0.05, 0.1) is 12.2 Å². The third-order valence-corrected chi connectivity index (χ3v) is 5.42. The van der Waals surface area contributed by atoms with Gasteiger partial charge >= 0.3 is 5.69 Å². The molecule has 1 fully saturated rings. The fraction of sp³-hybridized carbons (Fsp3) is 0.300. The second kappa shape index (κ2) is 6.63. The molecule has 3 aromatic heterocycles. The molecule has 3 heterocycles. The van der Waals surface area contributed by atoms with E-state index in [1.54, 1.807) is 4.57 Å². The molecule has 0 saturated heterocycles. The summed E-state index contributed by atoms with van der Waals surface area (Å²) in [6.07, 6.45) is 6.76. The Morgan fingerprint density at radius 2 is 1.89 bits per heavy atom. The van der Waals surface area contributed by atoms with Gasteiger partial charge in [-0.15, -0.1) is 0 Å². The van der Waals surface area contributed by atoms with Crippen LogP contribution in [0.5, 0.6) is 0 Å². The molecule has 0 bridgehead atoms. The van der Waals surface area contributed by atoms with Gasteiger partial charge in [-0.05, 0) is 18.4 Å². The number of imidazole rings is 2. The lowest BCUT2D eigenvalue weighted by molar-refractivity contribution is 0.702. The number of hydrogen-bond donors (Lipinski definition) is 3. The molecule has 1 aliphatic carbocycles. The molecule has 5 rings (SSSR count). The molecule has 8 heteroatoms. The van der Waals surface area contributed by atoms with E-state index < -0.39 is 0 Å². The van der Waals surface area contributed by atoms with Crippen molar-refractivity contribution in [1.82, 2.24) is 29.5 Å². The SMILES string of the molecule is Nc1nc(-c2nc(C3CCCC3)c[nH]2)nc2c1[nH]c(=O)n2Cc1ccccc1. The van der Waals surface area contributed by atoms with Gasteiger partial charge in [-0.25, -0.2) is 19.7 Å². The van der Waals surface area contributed by atoms with Crippen LogP contribution in [-0.2, 0) is 6.54 Å². The lowest BCUT2D eigenvalue weighted by Gasteiger charge is -2.05. The Hall–Kier alpha value is -3.42. The highest BCUT2D eigenvalue weighted by molar-refractivity contribution is 5.83. The number of anilines is 1. The molecule has 1 aliphatic rings. The van der Waals surface area contributed by atoms with Crippen LogP contribution in [0.15, 0.2) is 41.3 Å². The summed E-state index contributed by atoms with van der Waals surface area (Å²) in [5.74, 6) is 1.71. The fourth-order valence-corrected chi connectivity index (χ4v) is 3.95. The smallest absolute Gasteiger partial charge is 0.328 e. The number of aromatic amines is 2. The summed E-state index contributed by atoms with van der Waals surface area (Å²) in [5, 5.41) is 0.